The third kappa shape index (κ3) is 4.91. The molecule has 0 aromatic carbocycles. The zero-order valence-corrected chi connectivity index (χ0v) is 24.2. The molecule has 6 heterocycles. The third-order valence-electron chi connectivity index (χ3n) is 6.98. The van der Waals surface area contributed by atoms with Gasteiger partial charge in [0.1, 0.15) is 11.6 Å². The van der Waals surface area contributed by atoms with Crippen molar-refractivity contribution in [3.8, 4) is 22.1 Å². The van der Waals surface area contributed by atoms with Gasteiger partial charge in [0.05, 0.1) is 48.2 Å². The zero-order valence-electron chi connectivity index (χ0n) is 21.8. The van der Waals surface area contributed by atoms with Crippen molar-refractivity contribution in [2.75, 3.05) is 62.4 Å². The van der Waals surface area contributed by atoms with Gasteiger partial charge in [-0.25, -0.2) is 14.3 Å². The van der Waals surface area contributed by atoms with Crippen molar-refractivity contribution < 1.29 is 14.2 Å². The van der Waals surface area contributed by atoms with Crippen LogP contribution >= 0.6 is 34.0 Å². The molecule has 4 aromatic rings. The second-order valence-electron chi connectivity index (χ2n) is 9.39. The van der Waals surface area contributed by atoms with E-state index in [1.165, 1.54) is 10.4 Å². The molecular weight excluding hydrogens is 543 g/mol. The fraction of sp³-hybridized carbons (Fsp3) is 0.462. The van der Waals surface area contributed by atoms with Crippen LogP contribution < -0.4 is 20.2 Å². The summed E-state index contributed by atoms with van der Waals surface area (Å²) in [5, 5.41) is 5.15. The van der Waals surface area contributed by atoms with Crippen LogP contribution in [0, 0.1) is 13.8 Å². The largest absolute Gasteiger partial charge is 0.472 e. The molecule has 0 spiro atoms. The molecule has 0 N–H and O–H groups in total. The van der Waals surface area contributed by atoms with Gasteiger partial charge < -0.3 is 24.0 Å². The molecule has 12 heteroatoms. The average Bonchev–Trinajstić information content (AvgIpc) is 3.72. The Morgan fingerprint density at radius 3 is 2.39 bits per heavy atom. The Bertz CT molecular complexity index is 1470. The number of rotatable bonds is 7. The summed E-state index contributed by atoms with van der Waals surface area (Å²) >= 11 is 5.01. The van der Waals surface area contributed by atoms with E-state index in [2.05, 4.69) is 35.1 Å². The van der Waals surface area contributed by atoms with Gasteiger partial charge in [-0.15, -0.1) is 34.0 Å². The van der Waals surface area contributed by atoms with Crippen molar-refractivity contribution in [2.45, 2.75) is 20.5 Å². The van der Waals surface area contributed by atoms with E-state index < -0.39 is 0 Å². The fourth-order valence-electron chi connectivity index (χ4n) is 4.78. The summed E-state index contributed by atoms with van der Waals surface area (Å²) in [6.07, 6.45) is 1.77. The maximum absolute atomic E-state index is 13.1. The molecule has 2 aliphatic heterocycles. The van der Waals surface area contributed by atoms with E-state index >= 15 is 0 Å². The number of aryl methyl sites for hydroxylation is 2. The number of hydrogen-bond acceptors (Lipinski definition) is 10. The molecule has 2 aliphatic rings. The predicted molar refractivity (Wildman–Crippen MR) is 154 cm³/mol. The lowest BCUT2D eigenvalue weighted by Crippen LogP contribution is -2.36. The Morgan fingerprint density at radius 2 is 1.66 bits per heavy atom. The minimum atomic E-state index is -0.121. The highest BCUT2D eigenvalue weighted by Gasteiger charge is 2.22. The maximum atomic E-state index is 13.1. The molecule has 6 rings (SSSR count). The van der Waals surface area contributed by atoms with Crippen LogP contribution in [0.15, 0.2) is 28.5 Å². The first-order valence-electron chi connectivity index (χ1n) is 12.7. The Morgan fingerprint density at radius 1 is 0.974 bits per heavy atom. The topological polar surface area (TPSA) is 74.0 Å². The summed E-state index contributed by atoms with van der Waals surface area (Å²) in [4.78, 5) is 25.0. The van der Waals surface area contributed by atoms with Gasteiger partial charge in [0, 0.05) is 49.0 Å². The summed E-state index contributed by atoms with van der Waals surface area (Å²) in [6, 6.07) is 4.07. The van der Waals surface area contributed by atoms with Crippen molar-refractivity contribution in [1.82, 2.24) is 14.1 Å². The van der Waals surface area contributed by atoms with Crippen molar-refractivity contribution in [1.29, 1.82) is 0 Å². The minimum absolute atomic E-state index is 0.121. The summed E-state index contributed by atoms with van der Waals surface area (Å²) in [7, 11) is 1.76. The van der Waals surface area contributed by atoms with E-state index in [1.54, 1.807) is 56.4 Å². The van der Waals surface area contributed by atoms with Crippen LogP contribution in [-0.4, -0.2) is 66.7 Å². The van der Waals surface area contributed by atoms with E-state index in [9.17, 15) is 4.79 Å². The standard InChI is InChI=1S/C26H31N5O4S3/c1-17-18(2)37-20(24(17)19-16-36-25(27-19)30-8-12-34-13-9-30)15-35-21-14-28(3)26(32)31(21)23-5-4-22(38-23)29-6-10-33-11-7-29/h4-5,14,16H,6-13,15H2,1-3H3. The molecule has 0 radical (unpaired) electrons. The second-order valence-corrected chi connectivity index (χ2v) is 12.6. The Labute approximate surface area is 233 Å². The summed E-state index contributed by atoms with van der Waals surface area (Å²) in [6.45, 7) is 11.0. The van der Waals surface area contributed by atoms with Crippen LogP contribution in [-0.2, 0) is 23.1 Å². The van der Waals surface area contributed by atoms with E-state index in [-0.39, 0.29) is 5.69 Å². The SMILES string of the molecule is Cc1sc(COc2cn(C)c(=O)n2-c2ccc(N3CCOCC3)s2)c(-c2csc(N3CCOCC3)n2)c1C. The van der Waals surface area contributed by atoms with Crippen molar-refractivity contribution >= 4 is 44.1 Å². The highest BCUT2D eigenvalue weighted by Crippen LogP contribution is 2.39. The van der Waals surface area contributed by atoms with Crippen LogP contribution in [0.2, 0.25) is 0 Å². The van der Waals surface area contributed by atoms with Gasteiger partial charge >= 0.3 is 5.69 Å². The average molecular weight is 574 g/mol. The van der Waals surface area contributed by atoms with E-state index in [4.69, 9.17) is 19.2 Å². The number of morpholine rings is 2. The first-order valence-corrected chi connectivity index (χ1v) is 15.2. The number of anilines is 2. The number of imidazole rings is 1. The third-order valence-corrected chi connectivity index (χ3v) is 10.2. The molecule has 0 aliphatic carbocycles. The molecule has 0 atom stereocenters. The molecule has 4 aromatic heterocycles. The second kappa shape index (κ2) is 10.9. The van der Waals surface area contributed by atoms with Crippen LogP contribution in [0.3, 0.4) is 0 Å². The molecule has 0 bridgehead atoms. The molecule has 2 saturated heterocycles. The molecule has 2 fully saturated rings. The van der Waals surface area contributed by atoms with Gasteiger partial charge in [-0.05, 0) is 31.5 Å². The van der Waals surface area contributed by atoms with Crippen LogP contribution in [0.25, 0.3) is 16.3 Å². The van der Waals surface area contributed by atoms with E-state index in [0.29, 0.717) is 12.5 Å². The summed E-state index contributed by atoms with van der Waals surface area (Å²) in [5.41, 5.74) is 3.23. The Balaban J connectivity index is 1.26. The number of ether oxygens (including phenoxy) is 3. The number of hydrogen-bond donors (Lipinski definition) is 0. The lowest BCUT2D eigenvalue weighted by molar-refractivity contribution is 0.122. The number of nitrogens with zero attached hydrogens (tertiary/aromatic N) is 5. The van der Waals surface area contributed by atoms with Crippen molar-refractivity contribution in [3.05, 3.63) is 49.5 Å². The Kier molecular flexibility index (Phi) is 7.32. The fourth-order valence-corrected chi connectivity index (χ4v) is 7.81. The van der Waals surface area contributed by atoms with Gasteiger partial charge in [-0.3, -0.25) is 4.57 Å². The quantitative estimate of drug-likeness (QED) is 0.327. The molecular formula is C26H31N5O4S3. The monoisotopic (exact) mass is 573 g/mol. The van der Waals surface area contributed by atoms with Gasteiger partial charge in [0.2, 0.25) is 5.88 Å². The number of aromatic nitrogens is 3. The predicted octanol–water partition coefficient (Wildman–Crippen LogP) is 4.29. The lowest BCUT2D eigenvalue weighted by Gasteiger charge is -2.27. The van der Waals surface area contributed by atoms with E-state index in [1.807, 2.05) is 6.07 Å². The number of thiophene rings is 2. The van der Waals surface area contributed by atoms with Crippen molar-refractivity contribution in [2.24, 2.45) is 7.05 Å². The van der Waals surface area contributed by atoms with Gasteiger partial charge in [0.25, 0.3) is 0 Å². The minimum Gasteiger partial charge on any atom is -0.472 e. The highest BCUT2D eigenvalue weighted by molar-refractivity contribution is 7.18. The zero-order chi connectivity index (χ0) is 26.2. The van der Waals surface area contributed by atoms with Gasteiger partial charge in [0.15, 0.2) is 5.13 Å². The van der Waals surface area contributed by atoms with Gasteiger partial charge in [-0.2, -0.15) is 0 Å². The summed E-state index contributed by atoms with van der Waals surface area (Å²) < 4.78 is 20.6. The van der Waals surface area contributed by atoms with Crippen molar-refractivity contribution in [3.63, 3.8) is 0 Å². The molecule has 0 saturated carbocycles. The normalized spacial score (nSPS) is 16.4. The molecule has 9 nitrogen and oxygen atoms in total. The van der Waals surface area contributed by atoms with E-state index in [0.717, 1.165) is 83.9 Å². The Hall–Kier alpha value is -2.64. The molecule has 38 heavy (non-hydrogen) atoms. The molecule has 0 unspecified atom stereocenters. The highest BCUT2D eigenvalue weighted by atomic mass is 32.1. The smallest absolute Gasteiger partial charge is 0.336 e. The van der Waals surface area contributed by atoms with Gasteiger partial charge in [-0.1, -0.05) is 0 Å². The maximum Gasteiger partial charge on any atom is 0.336 e. The lowest BCUT2D eigenvalue weighted by atomic mass is 10.1. The summed E-state index contributed by atoms with van der Waals surface area (Å²) in [5.74, 6) is 0.537. The van der Waals surface area contributed by atoms with Crippen LogP contribution in [0.1, 0.15) is 15.3 Å². The first-order chi connectivity index (χ1) is 18.5. The molecule has 202 valence electrons. The number of thiazole rings is 1. The van der Waals surface area contributed by atoms with Crippen LogP contribution in [0.4, 0.5) is 10.1 Å². The first kappa shape index (κ1) is 25.6. The molecule has 0 amide bonds. The van der Waals surface area contributed by atoms with Crippen LogP contribution in [0.5, 0.6) is 5.88 Å².